The molecule has 1 atom stereocenters. The quantitative estimate of drug-likeness (QED) is 0.641. The molecule has 2 nitrogen and oxygen atoms in total. The van der Waals surface area contributed by atoms with Crippen LogP contribution in [0.1, 0.15) is 45.3 Å². The molecule has 0 fully saturated rings. The van der Waals surface area contributed by atoms with Gasteiger partial charge in [-0.05, 0) is 25.0 Å². The lowest BCUT2D eigenvalue weighted by molar-refractivity contribution is -0.117. The molecule has 1 unspecified atom stereocenters. The van der Waals surface area contributed by atoms with Crippen LogP contribution in [0.15, 0.2) is 22.8 Å². The number of hydrogen-bond acceptors (Lipinski definition) is 2. The zero-order chi connectivity index (χ0) is 11.1. The van der Waals surface area contributed by atoms with Gasteiger partial charge < -0.3 is 9.21 Å². The maximum atomic E-state index is 11.2. The molecule has 0 aliphatic heterocycles. The molecule has 0 N–H and O–H groups in total. The zero-order valence-electron chi connectivity index (χ0n) is 9.66. The van der Waals surface area contributed by atoms with Crippen LogP contribution in [0.5, 0.6) is 0 Å². The summed E-state index contributed by atoms with van der Waals surface area (Å²) >= 11 is 0. The van der Waals surface area contributed by atoms with Crippen LogP contribution in [0.25, 0.3) is 0 Å². The molecule has 0 spiro atoms. The minimum atomic E-state index is -0.214. The van der Waals surface area contributed by atoms with E-state index in [2.05, 4.69) is 13.8 Å². The first-order valence-electron chi connectivity index (χ1n) is 5.75. The monoisotopic (exact) mass is 208 g/mol. The van der Waals surface area contributed by atoms with Gasteiger partial charge in [-0.1, -0.05) is 26.7 Å². The molecule has 0 aliphatic carbocycles. The minimum absolute atomic E-state index is 0.214. The van der Waals surface area contributed by atoms with Crippen molar-refractivity contribution in [2.75, 3.05) is 0 Å². The molecule has 1 aromatic rings. The van der Waals surface area contributed by atoms with Crippen molar-refractivity contribution in [1.82, 2.24) is 0 Å². The molecule has 2 heteroatoms. The zero-order valence-corrected chi connectivity index (χ0v) is 9.66. The Hall–Kier alpha value is -1.05. The second kappa shape index (κ2) is 5.74. The van der Waals surface area contributed by atoms with Gasteiger partial charge in [0.1, 0.15) is 12.0 Å². The van der Waals surface area contributed by atoms with Gasteiger partial charge >= 0.3 is 0 Å². The van der Waals surface area contributed by atoms with Crippen molar-refractivity contribution in [1.29, 1.82) is 0 Å². The smallest absolute Gasteiger partial charge is 0.126 e. The average molecular weight is 208 g/mol. The molecule has 0 radical (unpaired) electrons. The predicted octanol–water partition coefficient (Wildman–Crippen LogP) is 3.61. The molecule has 1 heterocycles. The van der Waals surface area contributed by atoms with Gasteiger partial charge in [-0.3, -0.25) is 0 Å². The van der Waals surface area contributed by atoms with Crippen molar-refractivity contribution in [3.05, 3.63) is 24.2 Å². The number of unbranched alkanes of at least 4 members (excludes halogenated alkanes) is 1. The summed E-state index contributed by atoms with van der Waals surface area (Å²) in [5.41, 5.74) is -0.214. The Balaban J connectivity index is 2.67. The average Bonchev–Trinajstić information content (AvgIpc) is 2.77. The molecule has 0 aromatic carbocycles. The fourth-order valence-electron chi connectivity index (χ4n) is 1.86. The molecule has 1 rings (SSSR count). The van der Waals surface area contributed by atoms with E-state index in [0.29, 0.717) is 0 Å². The highest BCUT2D eigenvalue weighted by Crippen LogP contribution is 2.30. The van der Waals surface area contributed by atoms with Gasteiger partial charge in [0.25, 0.3) is 0 Å². The largest absolute Gasteiger partial charge is 0.469 e. The van der Waals surface area contributed by atoms with Crippen molar-refractivity contribution in [2.24, 2.45) is 5.41 Å². The molecule has 0 saturated carbocycles. The van der Waals surface area contributed by atoms with Crippen LogP contribution in [0.3, 0.4) is 0 Å². The summed E-state index contributed by atoms with van der Waals surface area (Å²) in [6.07, 6.45) is 7.61. The van der Waals surface area contributed by atoms with E-state index in [9.17, 15) is 4.79 Å². The summed E-state index contributed by atoms with van der Waals surface area (Å²) in [5.74, 6) is 0.917. The molecular weight excluding hydrogens is 188 g/mol. The topological polar surface area (TPSA) is 30.2 Å². The molecule has 0 bridgehead atoms. The second-order valence-corrected chi connectivity index (χ2v) is 4.19. The number of carbonyl (C=O) groups is 1. The van der Waals surface area contributed by atoms with Crippen LogP contribution in [-0.2, 0) is 11.2 Å². The Bertz CT molecular complexity index is 277. The van der Waals surface area contributed by atoms with Crippen LogP contribution in [0.4, 0.5) is 0 Å². The second-order valence-electron chi connectivity index (χ2n) is 4.19. The summed E-state index contributed by atoms with van der Waals surface area (Å²) < 4.78 is 5.31. The summed E-state index contributed by atoms with van der Waals surface area (Å²) in [5, 5.41) is 0. The highest BCUT2D eigenvalue weighted by Gasteiger charge is 2.28. The lowest BCUT2D eigenvalue weighted by Crippen LogP contribution is -2.24. The van der Waals surface area contributed by atoms with Crippen LogP contribution in [0.2, 0.25) is 0 Å². The Morgan fingerprint density at radius 2 is 2.27 bits per heavy atom. The maximum Gasteiger partial charge on any atom is 0.126 e. The van der Waals surface area contributed by atoms with E-state index in [4.69, 9.17) is 4.42 Å². The highest BCUT2D eigenvalue weighted by atomic mass is 16.3. The van der Waals surface area contributed by atoms with E-state index in [-0.39, 0.29) is 5.41 Å². The number of rotatable bonds is 7. The van der Waals surface area contributed by atoms with Gasteiger partial charge in [-0.2, -0.15) is 0 Å². The minimum Gasteiger partial charge on any atom is -0.469 e. The normalized spacial score (nSPS) is 14.8. The summed E-state index contributed by atoms with van der Waals surface area (Å²) in [6, 6.07) is 3.82. The SMILES string of the molecule is CCCCC(C=O)(CC)Cc1ccco1. The van der Waals surface area contributed by atoms with E-state index in [1.54, 1.807) is 6.26 Å². The third-order valence-corrected chi connectivity index (χ3v) is 3.09. The third kappa shape index (κ3) is 3.22. The number of aldehydes is 1. The molecule has 0 amide bonds. The van der Waals surface area contributed by atoms with Crippen molar-refractivity contribution < 1.29 is 9.21 Å². The van der Waals surface area contributed by atoms with Crippen LogP contribution >= 0.6 is 0 Å². The van der Waals surface area contributed by atoms with E-state index in [1.807, 2.05) is 12.1 Å². The predicted molar refractivity (Wildman–Crippen MR) is 60.7 cm³/mol. The van der Waals surface area contributed by atoms with Gasteiger partial charge in [-0.25, -0.2) is 0 Å². The van der Waals surface area contributed by atoms with Crippen molar-refractivity contribution in [3.8, 4) is 0 Å². The molecule has 0 saturated heterocycles. The van der Waals surface area contributed by atoms with Crippen molar-refractivity contribution in [2.45, 2.75) is 46.0 Å². The van der Waals surface area contributed by atoms with Crippen molar-refractivity contribution >= 4 is 6.29 Å². The Kier molecular flexibility index (Phi) is 4.60. The standard InChI is InChI=1S/C13H20O2/c1-3-5-8-13(4-2,11-14)10-12-7-6-9-15-12/h6-7,9,11H,3-5,8,10H2,1-2H3. The lowest BCUT2D eigenvalue weighted by atomic mass is 9.78. The maximum absolute atomic E-state index is 11.2. The van der Waals surface area contributed by atoms with Crippen molar-refractivity contribution in [3.63, 3.8) is 0 Å². The summed E-state index contributed by atoms with van der Waals surface area (Å²) in [4.78, 5) is 11.2. The lowest BCUT2D eigenvalue weighted by Gasteiger charge is -2.25. The van der Waals surface area contributed by atoms with E-state index in [0.717, 1.165) is 44.2 Å². The first-order chi connectivity index (χ1) is 7.26. The van der Waals surface area contributed by atoms with E-state index in [1.165, 1.54) is 0 Å². The fourth-order valence-corrected chi connectivity index (χ4v) is 1.86. The summed E-state index contributed by atoms with van der Waals surface area (Å²) in [6.45, 7) is 4.23. The molecule has 1 aromatic heterocycles. The Morgan fingerprint density at radius 3 is 2.73 bits per heavy atom. The summed E-state index contributed by atoms with van der Waals surface area (Å²) in [7, 11) is 0. The first kappa shape index (κ1) is 12.0. The Morgan fingerprint density at radius 1 is 1.47 bits per heavy atom. The third-order valence-electron chi connectivity index (χ3n) is 3.09. The van der Waals surface area contributed by atoms with Gasteiger partial charge in [-0.15, -0.1) is 0 Å². The van der Waals surface area contributed by atoms with Gasteiger partial charge in [0, 0.05) is 11.8 Å². The van der Waals surface area contributed by atoms with Crippen LogP contribution < -0.4 is 0 Å². The molecule has 84 valence electrons. The fraction of sp³-hybridized carbons (Fsp3) is 0.615. The number of furan rings is 1. The van der Waals surface area contributed by atoms with Crippen LogP contribution in [-0.4, -0.2) is 6.29 Å². The Labute approximate surface area is 91.7 Å². The van der Waals surface area contributed by atoms with Gasteiger partial charge in [0.05, 0.1) is 6.26 Å². The van der Waals surface area contributed by atoms with Gasteiger partial charge in [0.2, 0.25) is 0 Å². The first-order valence-corrected chi connectivity index (χ1v) is 5.75. The molecular formula is C13H20O2. The van der Waals surface area contributed by atoms with E-state index < -0.39 is 0 Å². The van der Waals surface area contributed by atoms with Crippen LogP contribution in [0, 0.1) is 5.41 Å². The number of carbonyl (C=O) groups excluding carboxylic acids is 1. The van der Waals surface area contributed by atoms with E-state index >= 15 is 0 Å². The molecule has 0 aliphatic rings. The highest BCUT2D eigenvalue weighted by molar-refractivity contribution is 5.59. The molecule has 15 heavy (non-hydrogen) atoms. The van der Waals surface area contributed by atoms with Gasteiger partial charge in [0.15, 0.2) is 0 Å². The number of hydrogen-bond donors (Lipinski definition) is 0.